The molecule has 0 fully saturated rings. The third-order valence-corrected chi connectivity index (χ3v) is 1.98. The standard InChI is InChI=1S/C11H16N2O2/c1-3-13(9-11(14)15-4-2)10-7-5-6-8-12-10/h5-8H,3-4,9H2,1-2H3. The van der Waals surface area contributed by atoms with Crippen LogP contribution in [0.2, 0.25) is 0 Å². The van der Waals surface area contributed by atoms with Crippen molar-refractivity contribution in [3.63, 3.8) is 0 Å². The van der Waals surface area contributed by atoms with Crippen molar-refractivity contribution in [2.45, 2.75) is 13.8 Å². The van der Waals surface area contributed by atoms with E-state index in [2.05, 4.69) is 4.98 Å². The third-order valence-electron chi connectivity index (χ3n) is 1.98. The van der Waals surface area contributed by atoms with Crippen molar-refractivity contribution < 1.29 is 9.53 Å². The molecule has 82 valence electrons. The van der Waals surface area contributed by atoms with E-state index in [1.165, 1.54) is 0 Å². The quantitative estimate of drug-likeness (QED) is 0.687. The van der Waals surface area contributed by atoms with Gasteiger partial charge in [0.2, 0.25) is 0 Å². The monoisotopic (exact) mass is 208 g/mol. The fraction of sp³-hybridized carbons (Fsp3) is 0.455. The van der Waals surface area contributed by atoms with E-state index in [4.69, 9.17) is 4.74 Å². The number of esters is 1. The molecule has 0 radical (unpaired) electrons. The average molecular weight is 208 g/mol. The minimum absolute atomic E-state index is 0.218. The van der Waals surface area contributed by atoms with Crippen LogP contribution in [0.1, 0.15) is 13.8 Å². The number of anilines is 1. The van der Waals surface area contributed by atoms with Crippen molar-refractivity contribution in [2.24, 2.45) is 0 Å². The van der Waals surface area contributed by atoms with Crippen molar-refractivity contribution in [2.75, 3.05) is 24.6 Å². The van der Waals surface area contributed by atoms with Crippen molar-refractivity contribution in [3.05, 3.63) is 24.4 Å². The zero-order valence-electron chi connectivity index (χ0n) is 9.14. The molecule has 0 aliphatic rings. The Morgan fingerprint density at radius 1 is 1.47 bits per heavy atom. The number of ether oxygens (including phenoxy) is 1. The number of carbonyl (C=O) groups is 1. The molecule has 4 heteroatoms. The van der Waals surface area contributed by atoms with Gasteiger partial charge in [-0.2, -0.15) is 0 Å². The van der Waals surface area contributed by atoms with Gasteiger partial charge in [-0.25, -0.2) is 4.98 Å². The molecule has 0 spiro atoms. The van der Waals surface area contributed by atoms with E-state index in [1.807, 2.05) is 30.0 Å². The summed E-state index contributed by atoms with van der Waals surface area (Å²) in [6.45, 7) is 5.18. The lowest BCUT2D eigenvalue weighted by Crippen LogP contribution is -2.31. The molecule has 0 atom stereocenters. The molecule has 0 bridgehead atoms. The van der Waals surface area contributed by atoms with Crippen LogP contribution in [0.25, 0.3) is 0 Å². The Morgan fingerprint density at radius 2 is 2.27 bits per heavy atom. The summed E-state index contributed by atoms with van der Waals surface area (Å²) in [5.41, 5.74) is 0. The van der Waals surface area contributed by atoms with Crippen LogP contribution in [0.3, 0.4) is 0 Å². The molecule has 1 heterocycles. The SMILES string of the molecule is CCOC(=O)CN(CC)c1ccccn1. The number of hydrogen-bond acceptors (Lipinski definition) is 4. The zero-order valence-corrected chi connectivity index (χ0v) is 9.14. The summed E-state index contributed by atoms with van der Waals surface area (Å²) in [6, 6.07) is 5.63. The van der Waals surface area contributed by atoms with Crippen LogP contribution < -0.4 is 4.90 Å². The second kappa shape index (κ2) is 6.01. The van der Waals surface area contributed by atoms with E-state index in [-0.39, 0.29) is 12.5 Å². The van der Waals surface area contributed by atoms with Crippen LogP contribution in [0, 0.1) is 0 Å². The summed E-state index contributed by atoms with van der Waals surface area (Å²) in [4.78, 5) is 17.3. The van der Waals surface area contributed by atoms with Crippen LogP contribution in [-0.2, 0) is 9.53 Å². The first-order chi connectivity index (χ1) is 7.27. The number of hydrogen-bond donors (Lipinski definition) is 0. The lowest BCUT2D eigenvalue weighted by molar-refractivity contribution is -0.141. The normalized spacial score (nSPS) is 9.73. The zero-order chi connectivity index (χ0) is 11.1. The van der Waals surface area contributed by atoms with Gasteiger partial charge in [-0.1, -0.05) is 6.07 Å². The Balaban J connectivity index is 2.61. The van der Waals surface area contributed by atoms with Gasteiger partial charge in [0.1, 0.15) is 12.4 Å². The summed E-state index contributed by atoms with van der Waals surface area (Å²) >= 11 is 0. The van der Waals surface area contributed by atoms with E-state index < -0.39 is 0 Å². The van der Waals surface area contributed by atoms with E-state index in [0.717, 1.165) is 12.4 Å². The Kier molecular flexibility index (Phi) is 4.60. The fourth-order valence-corrected chi connectivity index (χ4v) is 1.26. The number of carbonyl (C=O) groups excluding carboxylic acids is 1. The summed E-state index contributed by atoms with van der Waals surface area (Å²) in [5.74, 6) is 0.582. The maximum Gasteiger partial charge on any atom is 0.325 e. The molecule has 15 heavy (non-hydrogen) atoms. The Labute approximate surface area is 89.9 Å². The molecule has 0 unspecified atom stereocenters. The molecule has 1 rings (SSSR count). The maximum absolute atomic E-state index is 11.3. The van der Waals surface area contributed by atoms with E-state index >= 15 is 0 Å². The minimum Gasteiger partial charge on any atom is -0.465 e. The van der Waals surface area contributed by atoms with Gasteiger partial charge in [0.25, 0.3) is 0 Å². The second-order valence-electron chi connectivity index (χ2n) is 3.01. The lowest BCUT2D eigenvalue weighted by Gasteiger charge is -2.20. The Morgan fingerprint density at radius 3 is 2.80 bits per heavy atom. The molecule has 0 saturated carbocycles. The van der Waals surface area contributed by atoms with Crippen LogP contribution in [0.4, 0.5) is 5.82 Å². The van der Waals surface area contributed by atoms with Gasteiger partial charge >= 0.3 is 5.97 Å². The predicted octanol–water partition coefficient (Wildman–Crippen LogP) is 1.47. The van der Waals surface area contributed by atoms with Gasteiger partial charge in [-0.3, -0.25) is 4.79 Å². The Hall–Kier alpha value is -1.58. The first-order valence-electron chi connectivity index (χ1n) is 5.09. The lowest BCUT2D eigenvalue weighted by atomic mass is 10.4. The van der Waals surface area contributed by atoms with Gasteiger partial charge in [0, 0.05) is 12.7 Å². The van der Waals surface area contributed by atoms with E-state index in [0.29, 0.717) is 6.61 Å². The van der Waals surface area contributed by atoms with Gasteiger partial charge in [0.15, 0.2) is 0 Å². The van der Waals surface area contributed by atoms with Gasteiger partial charge in [-0.15, -0.1) is 0 Å². The third kappa shape index (κ3) is 3.58. The molecule has 0 aromatic carbocycles. The van der Waals surface area contributed by atoms with E-state index in [9.17, 15) is 4.79 Å². The molecular weight excluding hydrogens is 192 g/mol. The highest BCUT2D eigenvalue weighted by Crippen LogP contribution is 2.08. The molecule has 4 nitrogen and oxygen atoms in total. The number of aromatic nitrogens is 1. The van der Waals surface area contributed by atoms with Crippen molar-refractivity contribution in [1.29, 1.82) is 0 Å². The number of rotatable bonds is 5. The first kappa shape index (κ1) is 11.5. The molecule has 0 saturated heterocycles. The summed E-state index contributed by atoms with van der Waals surface area (Å²) in [5, 5.41) is 0. The van der Waals surface area contributed by atoms with Gasteiger partial charge < -0.3 is 9.64 Å². The molecule has 0 amide bonds. The Bertz CT molecular complexity index is 301. The highest BCUT2D eigenvalue weighted by molar-refractivity contribution is 5.75. The first-order valence-corrected chi connectivity index (χ1v) is 5.09. The second-order valence-corrected chi connectivity index (χ2v) is 3.01. The molecule has 1 aromatic heterocycles. The number of pyridine rings is 1. The van der Waals surface area contributed by atoms with Crippen molar-refractivity contribution >= 4 is 11.8 Å². The van der Waals surface area contributed by atoms with Crippen LogP contribution >= 0.6 is 0 Å². The van der Waals surface area contributed by atoms with Gasteiger partial charge in [-0.05, 0) is 26.0 Å². The average Bonchev–Trinajstić information content (AvgIpc) is 2.27. The van der Waals surface area contributed by atoms with Crippen molar-refractivity contribution in [3.8, 4) is 0 Å². The minimum atomic E-state index is -0.218. The fourth-order valence-electron chi connectivity index (χ4n) is 1.26. The molecule has 0 aliphatic carbocycles. The summed E-state index contributed by atoms with van der Waals surface area (Å²) in [7, 11) is 0. The molecule has 0 N–H and O–H groups in total. The largest absolute Gasteiger partial charge is 0.465 e. The predicted molar refractivity (Wildman–Crippen MR) is 58.8 cm³/mol. The number of nitrogens with zero attached hydrogens (tertiary/aromatic N) is 2. The highest BCUT2D eigenvalue weighted by atomic mass is 16.5. The molecular formula is C11H16N2O2. The maximum atomic E-state index is 11.3. The van der Waals surface area contributed by atoms with Gasteiger partial charge in [0.05, 0.1) is 6.61 Å². The van der Waals surface area contributed by atoms with Crippen LogP contribution in [0.5, 0.6) is 0 Å². The van der Waals surface area contributed by atoms with Crippen LogP contribution in [-0.4, -0.2) is 30.6 Å². The smallest absolute Gasteiger partial charge is 0.325 e. The molecule has 0 aliphatic heterocycles. The summed E-state index contributed by atoms with van der Waals surface area (Å²) in [6.07, 6.45) is 1.71. The summed E-state index contributed by atoms with van der Waals surface area (Å²) < 4.78 is 4.89. The van der Waals surface area contributed by atoms with Crippen LogP contribution in [0.15, 0.2) is 24.4 Å². The number of likely N-dealkylation sites (N-methyl/N-ethyl adjacent to an activating group) is 1. The topological polar surface area (TPSA) is 42.4 Å². The molecule has 1 aromatic rings. The van der Waals surface area contributed by atoms with E-state index in [1.54, 1.807) is 13.1 Å². The van der Waals surface area contributed by atoms with Crippen molar-refractivity contribution in [1.82, 2.24) is 4.98 Å². The highest BCUT2D eigenvalue weighted by Gasteiger charge is 2.10.